The maximum absolute atomic E-state index is 13.3. The van der Waals surface area contributed by atoms with Gasteiger partial charge in [0.2, 0.25) is 16.9 Å². The first-order valence-corrected chi connectivity index (χ1v) is 12.3. The third-order valence-electron chi connectivity index (χ3n) is 5.14. The van der Waals surface area contributed by atoms with Crippen molar-refractivity contribution in [1.82, 2.24) is 15.1 Å². The van der Waals surface area contributed by atoms with Crippen molar-refractivity contribution in [3.63, 3.8) is 0 Å². The van der Waals surface area contributed by atoms with Crippen LogP contribution in [-0.4, -0.2) is 53.7 Å². The van der Waals surface area contributed by atoms with Gasteiger partial charge >= 0.3 is 0 Å². The van der Waals surface area contributed by atoms with Crippen LogP contribution in [0, 0.1) is 0 Å². The normalized spacial score (nSPS) is 11.7. The van der Waals surface area contributed by atoms with Crippen molar-refractivity contribution in [2.45, 2.75) is 25.7 Å². The van der Waals surface area contributed by atoms with Crippen molar-refractivity contribution < 1.29 is 14.3 Å². The van der Waals surface area contributed by atoms with Crippen molar-refractivity contribution >= 4 is 44.2 Å². The Balaban J connectivity index is 1.61. The van der Waals surface area contributed by atoms with Gasteiger partial charge in [-0.15, -0.1) is 10.2 Å². The van der Waals surface area contributed by atoms with E-state index in [4.69, 9.17) is 4.74 Å². The number of carbonyl (C=O) groups excluding carboxylic acids is 2. The van der Waals surface area contributed by atoms with Crippen molar-refractivity contribution in [2.24, 2.45) is 0 Å². The summed E-state index contributed by atoms with van der Waals surface area (Å²) in [6, 6.07) is 17.5. The quantitative estimate of drug-likeness (QED) is 0.378. The van der Waals surface area contributed by atoms with E-state index in [0.29, 0.717) is 31.2 Å². The molecule has 1 heterocycles. The number of anilines is 1. The maximum atomic E-state index is 13.3. The van der Waals surface area contributed by atoms with E-state index in [9.17, 15) is 9.59 Å². The first kappa shape index (κ1) is 25.0. The number of methoxy groups -OCH3 is 1. The van der Waals surface area contributed by atoms with E-state index >= 15 is 0 Å². The van der Waals surface area contributed by atoms with E-state index in [0.717, 1.165) is 20.6 Å². The van der Waals surface area contributed by atoms with E-state index in [1.807, 2.05) is 61.5 Å². The molecule has 9 heteroatoms. The van der Waals surface area contributed by atoms with Crippen molar-refractivity contribution in [3.05, 3.63) is 64.6 Å². The highest BCUT2D eigenvalue weighted by atomic mass is 79.9. The minimum absolute atomic E-state index is 0.00130. The number of hydrogen-bond donors (Lipinski definition) is 1. The summed E-state index contributed by atoms with van der Waals surface area (Å²) in [5.41, 5.74) is 1.90. The first-order chi connectivity index (χ1) is 16.0. The third-order valence-corrected chi connectivity index (χ3v) is 6.52. The Morgan fingerprint density at radius 1 is 1.12 bits per heavy atom. The molecule has 0 bridgehead atoms. The average molecular weight is 531 g/mol. The molecule has 7 nitrogen and oxygen atoms in total. The van der Waals surface area contributed by atoms with Crippen LogP contribution in [0.2, 0.25) is 0 Å². The monoisotopic (exact) mass is 530 g/mol. The van der Waals surface area contributed by atoms with Gasteiger partial charge in [0, 0.05) is 36.7 Å². The summed E-state index contributed by atoms with van der Waals surface area (Å²) in [6.45, 7) is 3.13. The molecule has 0 saturated heterocycles. The summed E-state index contributed by atoms with van der Waals surface area (Å²) in [5, 5.41) is 12.2. The predicted octanol–water partition coefficient (Wildman–Crippen LogP) is 4.97. The summed E-state index contributed by atoms with van der Waals surface area (Å²) in [6.07, 6.45) is 0.841. The van der Waals surface area contributed by atoms with Crippen molar-refractivity contribution in [1.29, 1.82) is 0 Å². The lowest BCUT2D eigenvalue weighted by Gasteiger charge is -2.27. The molecule has 174 valence electrons. The highest BCUT2D eigenvalue weighted by molar-refractivity contribution is 9.10. The number of halogens is 1. The molecule has 1 unspecified atom stereocenters. The lowest BCUT2D eigenvalue weighted by Crippen LogP contribution is -2.39. The second-order valence-corrected chi connectivity index (χ2v) is 9.30. The molecule has 2 amide bonds. The molecule has 0 radical (unpaired) electrons. The topological polar surface area (TPSA) is 84.4 Å². The minimum Gasteiger partial charge on any atom is -0.383 e. The van der Waals surface area contributed by atoms with Crippen molar-refractivity contribution in [3.8, 4) is 10.6 Å². The zero-order valence-electron chi connectivity index (χ0n) is 18.7. The summed E-state index contributed by atoms with van der Waals surface area (Å²) in [4.78, 5) is 27.5. The molecule has 1 aromatic heterocycles. The standard InChI is InChI=1S/C24H27BrN4O3S/c1-3-20(17-8-5-4-6-9-17)23(31)29(14-15-32-2)13-12-21(30)26-24-28-27-22(33-24)18-10-7-11-19(25)16-18/h4-11,16,20H,3,12-15H2,1-2H3,(H,26,28,30). The first-order valence-electron chi connectivity index (χ1n) is 10.7. The SMILES string of the molecule is CCC(C(=O)N(CCOC)CCC(=O)Nc1nnc(-c2cccc(Br)c2)s1)c1ccccc1. The lowest BCUT2D eigenvalue weighted by atomic mass is 9.95. The molecule has 0 saturated carbocycles. The number of nitrogens with one attached hydrogen (secondary N) is 1. The molecule has 3 aromatic rings. The smallest absolute Gasteiger partial charge is 0.230 e. The fourth-order valence-electron chi connectivity index (χ4n) is 3.42. The van der Waals surface area contributed by atoms with Crippen molar-refractivity contribution in [2.75, 3.05) is 32.1 Å². The van der Waals surface area contributed by atoms with E-state index < -0.39 is 0 Å². The van der Waals surface area contributed by atoms with Gasteiger partial charge in [-0.1, -0.05) is 76.7 Å². The van der Waals surface area contributed by atoms with Crippen LogP contribution < -0.4 is 5.32 Å². The van der Waals surface area contributed by atoms with Crippen LogP contribution in [0.15, 0.2) is 59.1 Å². The molecule has 0 aliphatic rings. The Bertz CT molecular complexity index is 1060. The molecular weight excluding hydrogens is 504 g/mol. The number of ether oxygens (including phenoxy) is 1. The molecule has 1 atom stereocenters. The Morgan fingerprint density at radius 2 is 1.91 bits per heavy atom. The van der Waals surface area contributed by atoms with Gasteiger partial charge in [-0.3, -0.25) is 9.59 Å². The fourth-order valence-corrected chi connectivity index (χ4v) is 4.58. The molecule has 33 heavy (non-hydrogen) atoms. The molecule has 3 rings (SSSR count). The Kier molecular flexibility index (Phi) is 9.53. The zero-order chi connectivity index (χ0) is 23.6. The average Bonchev–Trinajstić information content (AvgIpc) is 3.28. The van der Waals surface area contributed by atoms with Crippen LogP contribution in [0.5, 0.6) is 0 Å². The van der Waals surface area contributed by atoms with Gasteiger partial charge in [-0.2, -0.15) is 0 Å². The Labute approximate surface area is 206 Å². The maximum Gasteiger partial charge on any atom is 0.230 e. The van der Waals surface area contributed by atoms with Gasteiger partial charge in [0.25, 0.3) is 0 Å². The zero-order valence-corrected chi connectivity index (χ0v) is 21.1. The second kappa shape index (κ2) is 12.6. The van der Waals surface area contributed by atoms with Gasteiger partial charge in [0.15, 0.2) is 0 Å². The highest BCUT2D eigenvalue weighted by Crippen LogP contribution is 2.28. The van der Waals surface area contributed by atoms with E-state index in [2.05, 4.69) is 31.4 Å². The summed E-state index contributed by atoms with van der Waals surface area (Å²) in [7, 11) is 1.60. The minimum atomic E-state index is -0.248. The molecule has 2 aromatic carbocycles. The van der Waals surface area contributed by atoms with E-state index in [1.165, 1.54) is 11.3 Å². The third kappa shape index (κ3) is 7.18. The van der Waals surface area contributed by atoms with Gasteiger partial charge in [0.05, 0.1) is 12.5 Å². The second-order valence-electron chi connectivity index (χ2n) is 7.41. The number of rotatable bonds is 11. The van der Waals surface area contributed by atoms with Crippen LogP contribution in [0.25, 0.3) is 10.6 Å². The summed E-state index contributed by atoms with van der Waals surface area (Å²) in [5.74, 6) is -0.460. The number of hydrogen-bond acceptors (Lipinski definition) is 6. The lowest BCUT2D eigenvalue weighted by molar-refractivity contribution is -0.134. The Morgan fingerprint density at radius 3 is 2.61 bits per heavy atom. The van der Waals surface area contributed by atoms with Crippen LogP contribution in [0.1, 0.15) is 31.2 Å². The van der Waals surface area contributed by atoms with Gasteiger partial charge in [0.1, 0.15) is 5.01 Å². The number of carbonyl (C=O) groups is 2. The fraction of sp³-hybridized carbons (Fsp3) is 0.333. The molecule has 0 fully saturated rings. The highest BCUT2D eigenvalue weighted by Gasteiger charge is 2.25. The van der Waals surface area contributed by atoms with Gasteiger partial charge in [-0.25, -0.2) is 0 Å². The molecule has 0 aliphatic heterocycles. The molecular formula is C24H27BrN4O3S. The number of amides is 2. The predicted molar refractivity (Wildman–Crippen MR) is 134 cm³/mol. The number of aromatic nitrogens is 2. The van der Waals surface area contributed by atoms with Crippen LogP contribution in [0.3, 0.4) is 0 Å². The number of benzene rings is 2. The van der Waals surface area contributed by atoms with Crippen LogP contribution in [-0.2, 0) is 14.3 Å². The molecule has 0 spiro atoms. The van der Waals surface area contributed by atoms with E-state index in [-0.39, 0.29) is 24.2 Å². The summed E-state index contributed by atoms with van der Waals surface area (Å²) >= 11 is 4.75. The van der Waals surface area contributed by atoms with Gasteiger partial charge in [-0.05, 0) is 24.1 Å². The van der Waals surface area contributed by atoms with Crippen LogP contribution in [0.4, 0.5) is 5.13 Å². The largest absolute Gasteiger partial charge is 0.383 e. The molecule has 1 N–H and O–H groups in total. The molecule has 0 aliphatic carbocycles. The number of nitrogens with zero attached hydrogens (tertiary/aromatic N) is 3. The van der Waals surface area contributed by atoms with Gasteiger partial charge < -0.3 is 15.0 Å². The summed E-state index contributed by atoms with van der Waals surface area (Å²) < 4.78 is 6.13. The van der Waals surface area contributed by atoms with Crippen LogP contribution >= 0.6 is 27.3 Å². The Hall–Kier alpha value is -2.62. The van der Waals surface area contributed by atoms with E-state index in [1.54, 1.807) is 12.0 Å².